The van der Waals surface area contributed by atoms with Gasteiger partial charge in [0.1, 0.15) is 6.61 Å². The van der Waals surface area contributed by atoms with E-state index < -0.39 is 6.10 Å². The monoisotopic (exact) mass is 588 g/mol. The van der Waals surface area contributed by atoms with Crippen molar-refractivity contribution in [1.82, 2.24) is 0 Å². The highest BCUT2D eigenvalue weighted by Gasteiger charge is 2.16. The largest absolute Gasteiger partial charge is 0.462 e. The third-order valence-electron chi connectivity index (χ3n) is 7.14. The predicted octanol–water partition coefficient (Wildman–Crippen LogP) is 10.3. The van der Waals surface area contributed by atoms with Crippen LogP contribution in [0.5, 0.6) is 0 Å². The second-order valence-corrected chi connectivity index (χ2v) is 11.2. The van der Waals surface area contributed by atoms with Crippen molar-refractivity contribution in [2.24, 2.45) is 0 Å². The molecule has 0 rings (SSSR count). The standard InChI is InChI=1S/C37H64O5/c1-3-5-7-9-11-13-15-17-18-20-22-24-26-28-30-32-37(40)42-35(33-38)34-41-36(39)31-29-27-25-23-21-19-16-14-12-10-8-6-4-2/h5,7,11,13,17-18,22,24,35,38H,3-4,6,8-10,12,14-16,19-21,23,25-34H2,1-2H3/b7-5-,13-11-,18-17-,24-22-/t35-/m0/s1. The van der Waals surface area contributed by atoms with Gasteiger partial charge < -0.3 is 14.6 Å². The SMILES string of the molecule is CC/C=C\C/C=C\C/C=C\C/C=C\CCCCC(=O)O[C@@H](CO)COC(=O)CCCCCCCCCCCCCCC. The molecule has 0 amide bonds. The molecule has 1 N–H and O–H groups in total. The Bertz CT molecular complexity index is 722. The normalized spacial score (nSPS) is 12.7. The highest BCUT2D eigenvalue weighted by molar-refractivity contribution is 5.70. The topological polar surface area (TPSA) is 72.8 Å². The molecule has 0 fully saturated rings. The number of esters is 2. The summed E-state index contributed by atoms with van der Waals surface area (Å²) in [6.07, 6.45) is 40.2. The van der Waals surface area contributed by atoms with Gasteiger partial charge in [-0.25, -0.2) is 0 Å². The van der Waals surface area contributed by atoms with Crippen molar-refractivity contribution in [3.63, 3.8) is 0 Å². The Morgan fingerprint density at radius 2 is 1.02 bits per heavy atom. The van der Waals surface area contributed by atoms with Crippen molar-refractivity contribution in [3.05, 3.63) is 48.6 Å². The lowest BCUT2D eigenvalue weighted by molar-refractivity contribution is -0.161. The van der Waals surface area contributed by atoms with Crippen LogP contribution in [0.15, 0.2) is 48.6 Å². The number of ether oxygens (including phenoxy) is 2. The van der Waals surface area contributed by atoms with E-state index in [4.69, 9.17) is 9.47 Å². The molecule has 0 unspecified atom stereocenters. The second-order valence-electron chi connectivity index (χ2n) is 11.2. The van der Waals surface area contributed by atoms with Crippen LogP contribution in [0.1, 0.15) is 155 Å². The van der Waals surface area contributed by atoms with Crippen LogP contribution >= 0.6 is 0 Å². The smallest absolute Gasteiger partial charge is 0.306 e. The van der Waals surface area contributed by atoms with Crippen molar-refractivity contribution in [3.8, 4) is 0 Å². The molecule has 0 aliphatic rings. The van der Waals surface area contributed by atoms with E-state index in [1.165, 1.54) is 64.2 Å². The van der Waals surface area contributed by atoms with E-state index in [0.717, 1.165) is 64.2 Å². The fraction of sp³-hybridized carbons (Fsp3) is 0.730. The lowest BCUT2D eigenvalue weighted by Crippen LogP contribution is -2.28. The Balaban J connectivity index is 3.67. The number of carbonyl (C=O) groups is 2. The summed E-state index contributed by atoms with van der Waals surface area (Å²) in [5.74, 6) is -0.641. The van der Waals surface area contributed by atoms with E-state index in [-0.39, 0.29) is 25.2 Å². The molecule has 0 aromatic heterocycles. The van der Waals surface area contributed by atoms with Crippen LogP contribution in [0, 0.1) is 0 Å². The van der Waals surface area contributed by atoms with Crippen LogP contribution in [-0.4, -0.2) is 36.4 Å². The van der Waals surface area contributed by atoms with Gasteiger partial charge in [-0.05, 0) is 51.4 Å². The third kappa shape index (κ3) is 30.8. The Labute approximate surface area is 258 Å². The molecule has 242 valence electrons. The Kier molecular flexibility index (Phi) is 31.7. The molecule has 0 spiro atoms. The fourth-order valence-corrected chi connectivity index (χ4v) is 4.54. The molecule has 0 heterocycles. The number of hydrogen-bond acceptors (Lipinski definition) is 5. The van der Waals surface area contributed by atoms with Crippen molar-refractivity contribution in [2.45, 2.75) is 161 Å². The molecule has 0 aromatic carbocycles. The van der Waals surface area contributed by atoms with Gasteiger partial charge in [-0.1, -0.05) is 140 Å². The zero-order valence-electron chi connectivity index (χ0n) is 27.2. The van der Waals surface area contributed by atoms with Gasteiger partial charge in [0.15, 0.2) is 6.10 Å². The van der Waals surface area contributed by atoms with Crippen molar-refractivity contribution in [2.75, 3.05) is 13.2 Å². The van der Waals surface area contributed by atoms with Crippen LogP contribution in [0.25, 0.3) is 0 Å². The fourth-order valence-electron chi connectivity index (χ4n) is 4.54. The molecular weight excluding hydrogens is 524 g/mol. The van der Waals surface area contributed by atoms with Gasteiger partial charge in [0.05, 0.1) is 6.61 Å². The lowest BCUT2D eigenvalue weighted by atomic mass is 10.0. The molecule has 0 radical (unpaired) electrons. The summed E-state index contributed by atoms with van der Waals surface area (Å²) < 4.78 is 10.5. The minimum Gasteiger partial charge on any atom is -0.462 e. The molecule has 42 heavy (non-hydrogen) atoms. The van der Waals surface area contributed by atoms with E-state index in [2.05, 4.69) is 62.5 Å². The van der Waals surface area contributed by atoms with Gasteiger partial charge in [-0.2, -0.15) is 0 Å². The summed E-state index contributed by atoms with van der Waals surface area (Å²) in [6.45, 7) is 3.97. The highest BCUT2D eigenvalue weighted by atomic mass is 16.6. The van der Waals surface area contributed by atoms with E-state index in [1.54, 1.807) is 0 Å². The number of aliphatic hydroxyl groups is 1. The van der Waals surface area contributed by atoms with E-state index in [9.17, 15) is 14.7 Å². The molecule has 5 heteroatoms. The molecule has 5 nitrogen and oxygen atoms in total. The zero-order valence-corrected chi connectivity index (χ0v) is 27.2. The number of hydrogen-bond donors (Lipinski definition) is 1. The van der Waals surface area contributed by atoms with E-state index in [1.807, 2.05) is 0 Å². The molecule has 0 saturated carbocycles. The first-order valence-corrected chi connectivity index (χ1v) is 17.2. The van der Waals surface area contributed by atoms with Crippen LogP contribution in [0.3, 0.4) is 0 Å². The molecule has 0 saturated heterocycles. The Morgan fingerprint density at radius 1 is 0.571 bits per heavy atom. The minimum absolute atomic E-state index is 0.0819. The minimum atomic E-state index is -0.789. The maximum Gasteiger partial charge on any atom is 0.306 e. The first-order chi connectivity index (χ1) is 20.6. The number of unbranched alkanes of at least 4 members (excludes halogenated alkanes) is 14. The maximum absolute atomic E-state index is 12.1. The summed E-state index contributed by atoms with van der Waals surface area (Å²) >= 11 is 0. The number of carbonyl (C=O) groups excluding carboxylic acids is 2. The molecule has 0 aliphatic carbocycles. The van der Waals surface area contributed by atoms with Gasteiger partial charge in [-0.15, -0.1) is 0 Å². The number of rotatable bonds is 30. The van der Waals surface area contributed by atoms with E-state index in [0.29, 0.717) is 12.8 Å². The van der Waals surface area contributed by atoms with Crippen LogP contribution in [0.2, 0.25) is 0 Å². The summed E-state index contributed by atoms with van der Waals surface area (Å²) in [5.41, 5.74) is 0. The van der Waals surface area contributed by atoms with Crippen LogP contribution < -0.4 is 0 Å². The molecular formula is C37H64O5. The summed E-state index contributed by atoms with van der Waals surface area (Å²) in [4.78, 5) is 24.1. The van der Waals surface area contributed by atoms with Crippen molar-refractivity contribution in [1.29, 1.82) is 0 Å². The summed E-state index contributed by atoms with van der Waals surface area (Å²) in [7, 11) is 0. The summed E-state index contributed by atoms with van der Waals surface area (Å²) in [6, 6.07) is 0. The Morgan fingerprint density at radius 3 is 1.55 bits per heavy atom. The molecule has 0 aliphatic heterocycles. The quantitative estimate of drug-likeness (QED) is 0.0513. The average molecular weight is 589 g/mol. The second kappa shape index (κ2) is 33.4. The van der Waals surface area contributed by atoms with Crippen molar-refractivity contribution < 1.29 is 24.2 Å². The van der Waals surface area contributed by atoms with E-state index >= 15 is 0 Å². The molecule has 0 aromatic rings. The first-order valence-electron chi connectivity index (χ1n) is 17.2. The van der Waals surface area contributed by atoms with Crippen LogP contribution in [0.4, 0.5) is 0 Å². The molecule has 1 atom stereocenters. The summed E-state index contributed by atoms with van der Waals surface area (Å²) in [5, 5.41) is 9.50. The maximum atomic E-state index is 12.1. The van der Waals surface area contributed by atoms with Gasteiger partial charge in [-0.3, -0.25) is 9.59 Å². The molecule has 0 bridgehead atoms. The van der Waals surface area contributed by atoms with Gasteiger partial charge in [0.2, 0.25) is 0 Å². The van der Waals surface area contributed by atoms with Gasteiger partial charge >= 0.3 is 11.9 Å². The highest BCUT2D eigenvalue weighted by Crippen LogP contribution is 2.13. The number of aliphatic hydroxyl groups excluding tert-OH is 1. The average Bonchev–Trinajstić information content (AvgIpc) is 2.99. The Hall–Kier alpha value is -2.14. The zero-order chi connectivity index (χ0) is 30.8. The van der Waals surface area contributed by atoms with Gasteiger partial charge in [0.25, 0.3) is 0 Å². The lowest BCUT2D eigenvalue weighted by Gasteiger charge is -2.15. The predicted molar refractivity (Wildman–Crippen MR) is 177 cm³/mol. The number of allylic oxidation sites excluding steroid dienone is 8. The van der Waals surface area contributed by atoms with Crippen molar-refractivity contribution >= 4 is 11.9 Å². The van der Waals surface area contributed by atoms with Crippen LogP contribution in [-0.2, 0) is 19.1 Å². The first kappa shape index (κ1) is 39.9. The van der Waals surface area contributed by atoms with Gasteiger partial charge in [0, 0.05) is 12.8 Å². The third-order valence-corrected chi connectivity index (χ3v) is 7.14.